The number of aliphatic hydroxyl groups excluding tert-OH is 10. The van der Waals surface area contributed by atoms with Gasteiger partial charge < -0.3 is 94.1 Å². The number of carbonyl (C=O) groups is 3. The van der Waals surface area contributed by atoms with Gasteiger partial charge in [0.05, 0.1) is 37.4 Å². The highest BCUT2D eigenvalue weighted by Crippen LogP contribution is 2.76. The van der Waals surface area contributed by atoms with Crippen LogP contribution >= 0.6 is 0 Å². The molecule has 76 heavy (non-hydrogen) atoms. The lowest BCUT2D eigenvalue weighted by Crippen LogP contribution is -2.72. The molecule has 0 aromatic heterocycles. The number of carboxylic acid groups (broad SMARTS) is 1. The summed E-state index contributed by atoms with van der Waals surface area (Å²) in [6.45, 7) is 17.3. The van der Waals surface area contributed by atoms with Crippen molar-refractivity contribution in [2.75, 3.05) is 19.8 Å². The Hall–Kier alpha value is -2.75. The molecule has 8 aliphatic rings. The number of hydrogen-bond donors (Lipinski definition) is 11. The molecule has 4 saturated carbocycles. The van der Waals surface area contributed by atoms with E-state index in [-0.39, 0.29) is 23.7 Å². The zero-order valence-corrected chi connectivity index (χ0v) is 45.3. The lowest BCUT2D eigenvalue weighted by molar-refractivity contribution is -0.386. The van der Waals surface area contributed by atoms with Crippen molar-refractivity contribution >= 4 is 17.9 Å². The molecular weight excluding hydrogens is 1000 g/mol. The molecule has 5 aliphatic carbocycles. The first-order valence-corrected chi connectivity index (χ1v) is 26.9. The third-order valence-electron chi connectivity index (χ3n) is 20.6. The summed E-state index contributed by atoms with van der Waals surface area (Å²) in [6.07, 6.45) is -21.6. The van der Waals surface area contributed by atoms with Crippen LogP contribution in [0, 0.1) is 50.2 Å². The number of aliphatic hydroxyl groups is 10. The Morgan fingerprint density at radius 2 is 1.28 bits per heavy atom. The first-order valence-electron chi connectivity index (χ1n) is 26.9. The van der Waals surface area contributed by atoms with Crippen LogP contribution in [0.1, 0.15) is 114 Å². The van der Waals surface area contributed by atoms with Crippen molar-refractivity contribution in [1.29, 1.82) is 0 Å². The molecule has 8 rings (SSSR count). The fraction of sp³-hybridized carbons (Fsp3) is 0.870. The van der Waals surface area contributed by atoms with E-state index in [2.05, 4.69) is 40.7 Å². The van der Waals surface area contributed by atoms with Crippen LogP contribution in [0.2, 0.25) is 0 Å². The van der Waals surface area contributed by atoms with Crippen molar-refractivity contribution in [1.82, 2.24) is 0 Å². The van der Waals surface area contributed by atoms with Crippen LogP contribution in [0.5, 0.6) is 0 Å². The van der Waals surface area contributed by atoms with E-state index < -0.39 is 181 Å². The molecule has 0 bridgehead atoms. The molecule has 3 saturated heterocycles. The number of esters is 2. The molecule has 0 amide bonds. The van der Waals surface area contributed by atoms with E-state index in [0.717, 1.165) is 5.57 Å². The van der Waals surface area contributed by atoms with E-state index in [1.807, 2.05) is 13.8 Å². The maximum absolute atomic E-state index is 13.4. The second-order valence-corrected chi connectivity index (χ2v) is 25.2. The summed E-state index contributed by atoms with van der Waals surface area (Å²) in [7, 11) is 0. The Balaban J connectivity index is 1.12. The van der Waals surface area contributed by atoms with E-state index >= 15 is 0 Å². The van der Waals surface area contributed by atoms with Crippen LogP contribution < -0.4 is 0 Å². The molecule has 3 aliphatic heterocycles. The maximum atomic E-state index is 13.4. The summed E-state index contributed by atoms with van der Waals surface area (Å²) in [6, 6.07) is 0. The van der Waals surface area contributed by atoms with Crippen LogP contribution in [0.4, 0.5) is 0 Å². The molecule has 0 aromatic rings. The van der Waals surface area contributed by atoms with E-state index in [1.54, 1.807) is 19.9 Å². The number of fused-ring (bicyclic) bond motifs is 7. The average Bonchev–Trinajstić information content (AvgIpc) is 3.65. The van der Waals surface area contributed by atoms with Crippen LogP contribution in [-0.2, 0) is 52.3 Å². The monoisotopic (exact) mass is 1080 g/mol. The topological polar surface area (TPSA) is 348 Å². The fourth-order valence-electron chi connectivity index (χ4n) is 16.0. The number of carbonyl (C=O) groups excluding carboxylic acids is 2. The van der Waals surface area contributed by atoms with Gasteiger partial charge in [0.15, 0.2) is 25.0 Å². The Bertz CT molecular complexity index is 2220. The Morgan fingerprint density at radius 1 is 0.684 bits per heavy atom. The zero-order valence-electron chi connectivity index (χ0n) is 45.3. The van der Waals surface area contributed by atoms with E-state index in [4.69, 9.17) is 37.9 Å². The minimum Gasteiger partial charge on any atom is -0.479 e. The molecule has 0 aromatic carbocycles. The smallest absolute Gasteiger partial charge is 0.335 e. The molecule has 11 N–H and O–H groups in total. The average molecular weight is 1090 g/mol. The number of carboxylic acids is 1. The predicted molar refractivity (Wildman–Crippen MR) is 262 cm³/mol. The van der Waals surface area contributed by atoms with Crippen molar-refractivity contribution in [3.63, 3.8) is 0 Å². The van der Waals surface area contributed by atoms with Crippen molar-refractivity contribution in [2.24, 2.45) is 50.2 Å². The normalized spacial score (nSPS) is 49.8. The maximum Gasteiger partial charge on any atom is 0.335 e. The second kappa shape index (κ2) is 21.3. The lowest BCUT2D eigenvalue weighted by atomic mass is 9.33. The molecule has 0 unspecified atom stereocenters. The van der Waals surface area contributed by atoms with Gasteiger partial charge in [0.1, 0.15) is 73.2 Å². The molecule has 432 valence electrons. The summed E-state index contributed by atoms with van der Waals surface area (Å²) in [5, 5.41) is 120. The van der Waals surface area contributed by atoms with Gasteiger partial charge in [-0.05, 0) is 98.2 Å². The molecule has 0 radical (unpaired) electrons. The van der Waals surface area contributed by atoms with E-state index in [9.17, 15) is 70.6 Å². The first kappa shape index (κ1) is 59.4. The van der Waals surface area contributed by atoms with Gasteiger partial charge in [-0.25, -0.2) is 9.59 Å². The number of ether oxygens (including phenoxy) is 8. The third-order valence-corrected chi connectivity index (χ3v) is 20.6. The number of rotatable bonds is 13. The van der Waals surface area contributed by atoms with Gasteiger partial charge in [0.2, 0.25) is 0 Å². The largest absolute Gasteiger partial charge is 0.479 e. The van der Waals surface area contributed by atoms with Crippen LogP contribution in [0.3, 0.4) is 0 Å². The Morgan fingerprint density at radius 3 is 1.84 bits per heavy atom. The van der Waals surface area contributed by atoms with Gasteiger partial charge >= 0.3 is 17.9 Å². The molecule has 25 atom stereocenters. The van der Waals surface area contributed by atoms with E-state index in [0.29, 0.717) is 44.1 Å². The van der Waals surface area contributed by atoms with Crippen molar-refractivity contribution < 1.29 is 108 Å². The molecule has 0 spiro atoms. The van der Waals surface area contributed by atoms with Gasteiger partial charge in [0.25, 0.3) is 0 Å². The van der Waals surface area contributed by atoms with Crippen molar-refractivity contribution in [2.45, 2.75) is 225 Å². The fourth-order valence-corrected chi connectivity index (χ4v) is 16.0. The summed E-state index contributed by atoms with van der Waals surface area (Å²) in [5.41, 5.74) is -2.88. The molecule has 3 heterocycles. The third kappa shape index (κ3) is 9.32. The summed E-state index contributed by atoms with van der Waals surface area (Å²) in [4.78, 5) is 39.2. The highest BCUT2D eigenvalue weighted by molar-refractivity contribution is 5.87. The molecule has 7 fully saturated rings. The quantitative estimate of drug-likeness (QED) is 0.0513. The van der Waals surface area contributed by atoms with Crippen molar-refractivity contribution in [3.8, 4) is 0 Å². The lowest BCUT2D eigenvalue weighted by Gasteiger charge is -2.72. The standard InChI is InChI=1S/C54H84O22/c1-11-23(2)45(68)76-42-43(69-24(3)58)54(22-57)26(18-49(42,4)5)25-12-13-30-51(8)16-15-32(50(6,7)29(51)14-17-52(30,9)53(25,10)19-31(54)59)72-48-41(75-47-37(64)35(62)33(60)27(20-55)70-47)39(38(65)40(74-48)44(66)67)73-46-36(63)34(61)28(21-56)71-46/h11-12,26-43,46-48,55-57,59-65H,13-22H2,1-10H3,(H,66,67)/b23-11+/t26-,27+,28-,29-,30+,31+,32-,33-,34-,35-,36+,37+,38-,39-,40-,41+,42-,43-,46-,47-,48+,51-,52+,53+,54-/m0/s1. The van der Waals surface area contributed by atoms with Crippen LogP contribution in [-0.4, -0.2) is 204 Å². The van der Waals surface area contributed by atoms with E-state index in [1.165, 1.54) is 6.92 Å². The summed E-state index contributed by atoms with van der Waals surface area (Å²) >= 11 is 0. The number of hydrogen-bond acceptors (Lipinski definition) is 21. The van der Waals surface area contributed by atoms with Gasteiger partial charge in [-0.2, -0.15) is 0 Å². The predicted octanol–water partition coefficient (Wildman–Crippen LogP) is 0.346. The molecular formula is C54H84O22. The molecule has 22 heteroatoms. The van der Waals surface area contributed by atoms with Crippen molar-refractivity contribution in [3.05, 3.63) is 23.3 Å². The summed E-state index contributed by atoms with van der Waals surface area (Å²) < 4.78 is 48.8. The van der Waals surface area contributed by atoms with Crippen LogP contribution in [0.25, 0.3) is 0 Å². The van der Waals surface area contributed by atoms with Gasteiger partial charge in [0, 0.05) is 17.9 Å². The van der Waals surface area contributed by atoms with Gasteiger partial charge in [-0.3, -0.25) is 4.79 Å². The minimum atomic E-state index is -2.10. The first-order chi connectivity index (χ1) is 35.4. The van der Waals surface area contributed by atoms with Gasteiger partial charge in [-0.1, -0.05) is 66.2 Å². The SMILES string of the molecule is C/C=C(\C)C(=O)O[C@H]1[C@H](OC(C)=O)[C@]2(CO)[C@H](O)C[C@]3(C)C(=CC[C@@H]4[C@@]5(C)CC[C@H](O[C@@H]6O[C@H](C(=O)O)[C@@H](O)[C@H](O[C@@H]7O[C@@H](CO)[C@H](O)[C@H]7O)[C@H]6O[C@@H]6O[C@H](CO)[C@H](O)[C@H](O)[C@H]6O)C(C)(C)[C@@H]5CC[C@]43C)[C@@H]2CC1(C)C. The van der Waals surface area contributed by atoms with Gasteiger partial charge in [-0.15, -0.1) is 0 Å². The van der Waals surface area contributed by atoms with Crippen LogP contribution in [0.15, 0.2) is 23.3 Å². The Kier molecular flexibility index (Phi) is 16.6. The second-order valence-electron chi connectivity index (χ2n) is 25.2. The zero-order chi connectivity index (χ0) is 56.2. The molecule has 22 nitrogen and oxygen atoms in total. The highest BCUT2D eigenvalue weighted by atomic mass is 16.8. The highest BCUT2D eigenvalue weighted by Gasteiger charge is 2.74. The number of allylic oxidation sites excluding steroid dienone is 3. The minimum absolute atomic E-state index is 0.0355. The number of aliphatic carboxylic acids is 1. The Labute approximate surface area is 443 Å². The summed E-state index contributed by atoms with van der Waals surface area (Å²) in [5.74, 6) is -3.33.